The van der Waals surface area contributed by atoms with Gasteiger partial charge in [-0.25, -0.2) is 4.98 Å². The Morgan fingerprint density at radius 2 is 2.07 bits per heavy atom. The summed E-state index contributed by atoms with van der Waals surface area (Å²) in [5.74, 6) is 2.09. The molecule has 1 amide bonds. The first-order valence-corrected chi connectivity index (χ1v) is 10.00. The molecule has 0 saturated carbocycles. The van der Waals surface area contributed by atoms with Gasteiger partial charge in [0.1, 0.15) is 5.82 Å². The quantitative estimate of drug-likeness (QED) is 0.684. The fraction of sp³-hybridized carbons (Fsp3) is 0.368. The van der Waals surface area contributed by atoms with E-state index in [0.717, 1.165) is 37.3 Å². The van der Waals surface area contributed by atoms with E-state index in [1.165, 1.54) is 4.88 Å². The molecule has 0 bridgehead atoms. The fourth-order valence-electron chi connectivity index (χ4n) is 3.31. The SMILES string of the molecule is O=C(CN1CCC(c2nc(-c3ccncc3)n[nH]2)CC1)NCc1cccs1. The molecule has 3 aromatic heterocycles. The average molecular weight is 382 g/mol. The molecule has 4 rings (SSSR count). The smallest absolute Gasteiger partial charge is 0.234 e. The molecule has 0 spiro atoms. The van der Waals surface area contributed by atoms with Gasteiger partial charge in [0.25, 0.3) is 0 Å². The molecule has 1 fully saturated rings. The van der Waals surface area contributed by atoms with Crippen LogP contribution in [0.2, 0.25) is 0 Å². The first-order valence-electron chi connectivity index (χ1n) is 9.12. The van der Waals surface area contributed by atoms with Gasteiger partial charge in [0.05, 0.1) is 13.1 Å². The number of nitrogens with zero attached hydrogens (tertiary/aromatic N) is 4. The normalized spacial score (nSPS) is 15.7. The monoisotopic (exact) mass is 382 g/mol. The molecule has 2 N–H and O–H groups in total. The van der Waals surface area contributed by atoms with Crippen molar-refractivity contribution >= 4 is 17.2 Å². The molecule has 0 unspecified atom stereocenters. The van der Waals surface area contributed by atoms with Crippen molar-refractivity contribution in [3.8, 4) is 11.4 Å². The van der Waals surface area contributed by atoms with Gasteiger partial charge in [0.2, 0.25) is 5.91 Å². The second kappa shape index (κ2) is 8.41. The molecule has 0 aliphatic carbocycles. The number of nitrogens with one attached hydrogen (secondary N) is 2. The largest absolute Gasteiger partial charge is 0.350 e. The van der Waals surface area contributed by atoms with Crippen LogP contribution in [-0.2, 0) is 11.3 Å². The predicted octanol–water partition coefficient (Wildman–Crippen LogP) is 2.42. The van der Waals surface area contributed by atoms with Crippen LogP contribution in [0, 0.1) is 0 Å². The summed E-state index contributed by atoms with van der Waals surface area (Å²) in [7, 11) is 0. The van der Waals surface area contributed by atoms with Gasteiger partial charge in [-0.05, 0) is 49.5 Å². The number of carbonyl (C=O) groups excluding carboxylic acids is 1. The Morgan fingerprint density at radius 1 is 1.26 bits per heavy atom. The van der Waals surface area contributed by atoms with Gasteiger partial charge in [-0.2, -0.15) is 5.10 Å². The van der Waals surface area contributed by atoms with Gasteiger partial charge in [0.15, 0.2) is 5.82 Å². The van der Waals surface area contributed by atoms with Gasteiger partial charge in [-0.3, -0.25) is 19.8 Å². The Labute approximate surface area is 161 Å². The molecule has 0 radical (unpaired) electrons. The third-order valence-electron chi connectivity index (χ3n) is 4.82. The van der Waals surface area contributed by atoms with Crippen LogP contribution in [0.1, 0.15) is 29.5 Å². The number of likely N-dealkylation sites (tertiary alicyclic amines) is 1. The van der Waals surface area contributed by atoms with Crippen LogP contribution in [0.5, 0.6) is 0 Å². The number of thiophene rings is 1. The Balaban J connectivity index is 1.25. The lowest BCUT2D eigenvalue weighted by Gasteiger charge is -2.30. The number of aromatic amines is 1. The standard InChI is InChI=1S/C19H22N6OS/c26-17(21-12-16-2-1-11-27-16)13-25-9-5-15(6-10-25)19-22-18(23-24-19)14-3-7-20-8-4-14/h1-4,7-8,11,15H,5-6,9-10,12-13H2,(H,21,26)(H,22,23,24). The molecule has 1 aliphatic rings. The molecular weight excluding hydrogens is 360 g/mol. The number of piperidine rings is 1. The topological polar surface area (TPSA) is 86.8 Å². The van der Waals surface area contributed by atoms with E-state index in [1.807, 2.05) is 29.6 Å². The molecular formula is C19H22N6OS. The van der Waals surface area contributed by atoms with E-state index >= 15 is 0 Å². The molecule has 1 saturated heterocycles. The molecule has 1 aliphatic heterocycles. The highest BCUT2D eigenvalue weighted by molar-refractivity contribution is 7.09. The van der Waals surface area contributed by atoms with Gasteiger partial charge in [-0.15, -0.1) is 11.3 Å². The van der Waals surface area contributed by atoms with E-state index in [2.05, 4.69) is 30.4 Å². The van der Waals surface area contributed by atoms with Crippen LogP contribution in [0.15, 0.2) is 42.0 Å². The van der Waals surface area contributed by atoms with Crippen molar-refractivity contribution in [3.63, 3.8) is 0 Å². The fourth-order valence-corrected chi connectivity index (χ4v) is 3.95. The van der Waals surface area contributed by atoms with Crippen molar-refractivity contribution in [1.82, 2.24) is 30.4 Å². The molecule has 8 heteroatoms. The minimum Gasteiger partial charge on any atom is -0.350 e. The summed E-state index contributed by atoms with van der Waals surface area (Å²) in [5, 5.41) is 12.4. The van der Waals surface area contributed by atoms with Gasteiger partial charge in [0, 0.05) is 28.8 Å². The summed E-state index contributed by atoms with van der Waals surface area (Å²) >= 11 is 1.66. The highest BCUT2D eigenvalue weighted by atomic mass is 32.1. The molecule has 3 aromatic rings. The summed E-state index contributed by atoms with van der Waals surface area (Å²) in [6.07, 6.45) is 5.44. The van der Waals surface area contributed by atoms with E-state index in [1.54, 1.807) is 23.7 Å². The molecule has 0 aromatic carbocycles. The zero-order valence-corrected chi connectivity index (χ0v) is 15.8. The van der Waals surface area contributed by atoms with E-state index in [4.69, 9.17) is 0 Å². The van der Waals surface area contributed by atoms with Crippen LogP contribution < -0.4 is 5.32 Å². The predicted molar refractivity (Wildman–Crippen MR) is 104 cm³/mol. The lowest BCUT2D eigenvalue weighted by Crippen LogP contribution is -2.41. The maximum atomic E-state index is 12.1. The van der Waals surface area contributed by atoms with Gasteiger partial charge < -0.3 is 5.32 Å². The van der Waals surface area contributed by atoms with Crippen molar-refractivity contribution in [1.29, 1.82) is 0 Å². The Kier molecular flexibility index (Phi) is 5.55. The van der Waals surface area contributed by atoms with E-state index in [-0.39, 0.29) is 5.91 Å². The maximum absolute atomic E-state index is 12.1. The molecule has 0 atom stereocenters. The summed E-state index contributed by atoms with van der Waals surface area (Å²) in [5.41, 5.74) is 0.965. The minimum absolute atomic E-state index is 0.0847. The number of hydrogen-bond donors (Lipinski definition) is 2. The van der Waals surface area contributed by atoms with E-state index in [0.29, 0.717) is 24.8 Å². The zero-order valence-electron chi connectivity index (χ0n) is 15.0. The van der Waals surface area contributed by atoms with Crippen molar-refractivity contribution in [2.75, 3.05) is 19.6 Å². The summed E-state index contributed by atoms with van der Waals surface area (Å²) in [4.78, 5) is 24.2. The lowest BCUT2D eigenvalue weighted by molar-refractivity contribution is -0.122. The van der Waals surface area contributed by atoms with E-state index in [9.17, 15) is 4.79 Å². The second-order valence-corrected chi connectivity index (χ2v) is 7.72. The van der Waals surface area contributed by atoms with Crippen molar-refractivity contribution < 1.29 is 4.79 Å². The Morgan fingerprint density at radius 3 is 2.81 bits per heavy atom. The van der Waals surface area contributed by atoms with Crippen molar-refractivity contribution in [3.05, 3.63) is 52.7 Å². The molecule has 140 valence electrons. The number of aromatic nitrogens is 4. The Bertz CT molecular complexity index is 855. The first-order chi connectivity index (χ1) is 13.3. The number of hydrogen-bond acceptors (Lipinski definition) is 6. The van der Waals surface area contributed by atoms with Crippen LogP contribution >= 0.6 is 11.3 Å². The zero-order chi connectivity index (χ0) is 18.5. The van der Waals surface area contributed by atoms with Gasteiger partial charge >= 0.3 is 0 Å². The molecule has 4 heterocycles. The van der Waals surface area contributed by atoms with Crippen LogP contribution in [-0.4, -0.2) is 50.6 Å². The lowest BCUT2D eigenvalue weighted by atomic mass is 9.96. The van der Waals surface area contributed by atoms with Crippen LogP contribution in [0.4, 0.5) is 0 Å². The number of rotatable bonds is 6. The first kappa shape index (κ1) is 17.8. The maximum Gasteiger partial charge on any atom is 0.234 e. The molecule has 27 heavy (non-hydrogen) atoms. The number of pyridine rings is 1. The van der Waals surface area contributed by atoms with Crippen LogP contribution in [0.25, 0.3) is 11.4 Å². The summed E-state index contributed by atoms with van der Waals surface area (Å²) in [6, 6.07) is 7.85. The van der Waals surface area contributed by atoms with Crippen molar-refractivity contribution in [2.24, 2.45) is 0 Å². The molecule has 7 nitrogen and oxygen atoms in total. The van der Waals surface area contributed by atoms with E-state index < -0.39 is 0 Å². The summed E-state index contributed by atoms with van der Waals surface area (Å²) in [6.45, 7) is 2.85. The number of carbonyl (C=O) groups is 1. The minimum atomic E-state index is 0.0847. The number of amides is 1. The third-order valence-corrected chi connectivity index (χ3v) is 5.70. The highest BCUT2D eigenvalue weighted by Crippen LogP contribution is 2.26. The number of H-pyrrole nitrogens is 1. The third kappa shape index (κ3) is 4.58. The van der Waals surface area contributed by atoms with Crippen LogP contribution in [0.3, 0.4) is 0 Å². The summed E-state index contributed by atoms with van der Waals surface area (Å²) < 4.78 is 0. The van der Waals surface area contributed by atoms with Crippen molar-refractivity contribution in [2.45, 2.75) is 25.3 Å². The average Bonchev–Trinajstić information content (AvgIpc) is 3.40. The Hall–Kier alpha value is -2.58. The van der Waals surface area contributed by atoms with Gasteiger partial charge in [-0.1, -0.05) is 6.07 Å². The second-order valence-electron chi connectivity index (χ2n) is 6.69. The highest BCUT2D eigenvalue weighted by Gasteiger charge is 2.24.